The number of hydrogen-bond donors (Lipinski definition) is 0. The minimum atomic E-state index is -0.148. The molecule has 0 aromatic carbocycles. The predicted octanol–water partition coefficient (Wildman–Crippen LogP) is 3.91. The fourth-order valence-electron chi connectivity index (χ4n) is 1.77. The van der Waals surface area contributed by atoms with Gasteiger partial charge in [-0.3, -0.25) is 0 Å². The average Bonchev–Trinajstić information content (AvgIpc) is 2.34. The Morgan fingerprint density at radius 1 is 1.62 bits per heavy atom. The molecule has 1 aliphatic heterocycles. The minimum Gasteiger partial charge on any atom is -0.353 e. The van der Waals surface area contributed by atoms with E-state index in [2.05, 4.69) is 13.5 Å². The summed E-state index contributed by atoms with van der Waals surface area (Å²) in [4.78, 5) is 0. The standard InChI is InChI=1S/C14H26O2/c1-4-12(2)8-9-13(3)11-16-14-7-5-6-10-15-14/h13-14H,2,4-11H2,1,3H3/t13-,14?/m1/s1/i4D/t4-,13-,14?. The van der Waals surface area contributed by atoms with E-state index in [0.29, 0.717) is 5.92 Å². The van der Waals surface area contributed by atoms with Crippen molar-refractivity contribution in [2.75, 3.05) is 13.2 Å². The topological polar surface area (TPSA) is 18.5 Å². The van der Waals surface area contributed by atoms with Crippen LogP contribution in [0.4, 0.5) is 0 Å². The van der Waals surface area contributed by atoms with Crippen LogP contribution in [0.3, 0.4) is 0 Å². The van der Waals surface area contributed by atoms with Gasteiger partial charge in [0, 0.05) is 7.98 Å². The molecule has 0 amide bonds. The van der Waals surface area contributed by atoms with E-state index in [4.69, 9.17) is 10.8 Å². The summed E-state index contributed by atoms with van der Waals surface area (Å²) < 4.78 is 18.8. The summed E-state index contributed by atoms with van der Waals surface area (Å²) in [6.07, 6.45) is 5.26. The second-order valence-corrected chi connectivity index (χ2v) is 4.72. The molecule has 1 saturated heterocycles. The van der Waals surface area contributed by atoms with Crippen molar-refractivity contribution in [2.45, 2.75) is 58.6 Å². The van der Waals surface area contributed by atoms with Crippen molar-refractivity contribution in [3.63, 3.8) is 0 Å². The first-order valence-electron chi connectivity index (χ1n) is 7.00. The molecule has 1 aliphatic rings. The maximum atomic E-state index is 7.54. The van der Waals surface area contributed by atoms with E-state index in [1.54, 1.807) is 0 Å². The van der Waals surface area contributed by atoms with Crippen LogP contribution >= 0.6 is 0 Å². The van der Waals surface area contributed by atoms with E-state index in [9.17, 15) is 0 Å². The zero-order chi connectivity index (χ0) is 12.7. The summed E-state index contributed by atoms with van der Waals surface area (Å²) in [5.74, 6) is 0.510. The van der Waals surface area contributed by atoms with Gasteiger partial charge in [0.05, 0.1) is 6.61 Å². The van der Waals surface area contributed by atoms with Crippen LogP contribution in [0.5, 0.6) is 0 Å². The zero-order valence-electron chi connectivity index (χ0n) is 11.7. The Labute approximate surface area is 101 Å². The number of ether oxygens (including phenoxy) is 2. The van der Waals surface area contributed by atoms with E-state index in [0.717, 1.165) is 44.5 Å². The first-order valence-corrected chi connectivity index (χ1v) is 6.42. The Morgan fingerprint density at radius 3 is 3.06 bits per heavy atom. The number of rotatable bonds is 7. The van der Waals surface area contributed by atoms with Crippen molar-refractivity contribution in [3.05, 3.63) is 12.2 Å². The van der Waals surface area contributed by atoms with Crippen molar-refractivity contribution in [3.8, 4) is 0 Å². The van der Waals surface area contributed by atoms with Crippen LogP contribution in [0.1, 0.15) is 53.7 Å². The third-order valence-electron chi connectivity index (χ3n) is 3.07. The third kappa shape index (κ3) is 5.66. The lowest BCUT2D eigenvalue weighted by molar-refractivity contribution is -0.168. The molecular formula is C14H26O2. The summed E-state index contributed by atoms with van der Waals surface area (Å²) >= 11 is 0. The van der Waals surface area contributed by atoms with Gasteiger partial charge in [0.2, 0.25) is 0 Å². The van der Waals surface area contributed by atoms with E-state index in [1.807, 2.05) is 6.92 Å². The zero-order valence-corrected chi connectivity index (χ0v) is 10.7. The van der Waals surface area contributed by atoms with Crippen LogP contribution in [-0.2, 0) is 9.47 Å². The van der Waals surface area contributed by atoms with Gasteiger partial charge in [-0.1, -0.05) is 26.0 Å². The first kappa shape index (κ1) is 12.1. The van der Waals surface area contributed by atoms with Crippen LogP contribution in [0.25, 0.3) is 0 Å². The molecule has 0 spiro atoms. The van der Waals surface area contributed by atoms with Gasteiger partial charge in [-0.05, 0) is 44.4 Å². The molecule has 94 valence electrons. The molecule has 0 aliphatic carbocycles. The summed E-state index contributed by atoms with van der Waals surface area (Å²) in [5, 5.41) is 0. The Bertz CT molecular complexity index is 222. The van der Waals surface area contributed by atoms with Crippen LogP contribution in [0.15, 0.2) is 12.2 Å². The molecule has 3 atom stereocenters. The van der Waals surface area contributed by atoms with Gasteiger partial charge in [-0.25, -0.2) is 0 Å². The minimum absolute atomic E-state index is 0.0181. The van der Waals surface area contributed by atoms with Gasteiger partial charge < -0.3 is 9.47 Å². The van der Waals surface area contributed by atoms with Crippen LogP contribution < -0.4 is 0 Å². The Kier molecular flexibility index (Phi) is 5.95. The molecule has 0 aromatic heterocycles. The molecule has 0 bridgehead atoms. The molecule has 16 heavy (non-hydrogen) atoms. The monoisotopic (exact) mass is 227 g/mol. The molecule has 1 fully saturated rings. The van der Waals surface area contributed by atoms with E-state index in [-0.39, 0.29) is 12.7 Å². The normalized spacial score (nSPS) is 25.9. The smallest absolute Gasteiger partial charge is 0.157 e. The Hall–Kier alpha value is -0.340. The lowest BCUT2D eigenvalue weighted by Crippen LogP contribution is -2.24. The second-order valence-electron chi connectivity index (χ2n) is 4.72. The fraction of sp³-hybridized carbons (Fsp3) is 0.857. The van der Waals surface area contributed by atoms with Gasteiger partial charge in [-0.15, -0.1) is 0 Å². The molecule has 0 radical (unpaired) electrons. The number of hydrogen-bond acceptors (Lipinski definition) is 2. The molecular weight excluding hydrogens is 200 g/mol. The molecule has 2 heteroatoms. The molecule has 1 heterocycles. The lowest BCUT2D eigenvalue weighted by atomic mass is 10.0. The Morgan fingerprint density at radius 2 is 2.44 bits per heavy atom. The van der Waals surface area contributed by atoms with Gasteiger partial charge in [0.1, 0.15) is 0 Å². The fourth-order valence-corrected chi connectivity index (χ4v) is 1.77. The van der Waals surface area contributed by atoms with E-state index in [1.165, 1.54) is 6.42 Å². The average molecular weight is 227 g/mol. The highest BCUT2D eigenvalue weighted by atomic mass is 16.7. The quantitative estimate of drug-likeness (QED) is 0.614. The van der Waals surface area contributed by atoms with Crippen molar-refractivity contribution in [1.82, 2.24) is 0 Å². The largest absolute Gasteiger partial charge is 0.353 e. The first-order chi connectivity index (χ1) is 8.09. The van der Waals surface area contributed by atoms with Crippen molar-refractivity contribution < 1.29 is 10.8 Å². The van der Waals surface area contributed by atoms with Gasteiger partial charge >= 0.3 is 0 Å². The summed E-state index contributed by atoms with van der Waals surface area (Å²) in [7, 11) is 0. The van der Waals surface area contributed by atoms with Gasteiger partial charge in [0.25, 0.3) is 0 Å². The van der Waals surface area contributed by atoms with Crippen molar-refractivity contribution in [1.29, 1.82) is 0 Å². The predicted molar refractivity (Wildman–Crippen MR) is 67.4 cm³/mol. The van der Waals surface area contributed by atoms with E-state index < -0.39 is 0 Å². The van der Waals surface area contributed by atoms with Gasteiger partial charge in [-0.2, -0.15) is 0 Å². The number of allylic oxidation sites excluding steroid dienone is 1. The SMILES string of the molecule is [2H][C@H](C)C(=C)CC[C@@H](C)COC1CCCCO1. The van der Waals surface area contributed by atoms with E-state index >= 15 is 0 Å². The third-order valence-corrected chi connectivity index (χ3v) is 3.07. The van der Waals surface area contributed by atoms with Crippen molar-refractivity contribution >= 4 is 0 Å². The highest BCUT2D eigenvalue weighted by Crippen LogP contribution is 2.17. The van der Waals surface area contributed by atoms with Crippen molar-refractivity contribution in [2.24, 2.45) is 5.92 Å². The Balaban J connectivity index is 2.07. The lowest BCUT2D eigenvalue weighted by Gasteiger charge is -2.24. The molecule has 0 aromatic rings. The molecule has 1 unspecified atom stereocenters. The molecule has 0 saturated carbocycles. The molecule has 0 N–H and O–H groups in total. The maximum Gasteiger partial charge on any atom is 0.157 e. The van der Waals surface area contributed by atoms with Gasteiger partial charge in [0.15, 0.2) is 6.29 Å². The van der Waals surface area contributed by atoms with Crippen LogP contribution in [0, 0.1) is 5.92 Å². The van der Waals surface area contributed by atoms with Crippen LogP contribution in [0.2, 0.25) is 0 Å². The maximum absolute atomic E-state index is 7.54. The highest BCUT2D eigenvalue weighted by molar-refractivity contribution is 4.92. The molecule has 2 nitrogen and oxygen atoms in total. The summed E-state index contributed by atoms with van der Waals surface area (Å²) in [5.41, 5.74) is 1.02. The summed E-state index contributed by atoms with van der Waals surface area (Å²) in [6.45, 7) is 9.58. The summed E-state index contributed by atoms with van der Waals surface area (Å²) in [6, 6.07) is 0. The molecule has 1 rings (SSSR count). The second kappa shape index (κ2) is 7.86. The van der Waals surface area contributed by atoms with Crippen LogP contribution in [-0.4, -0.2) is 19.5 Å². The highest BCUT2D eigenvalue weighted by Gasteiger charge is 2.15.